The number of Topliss-reactive ketones (excluding diaryl/α,β-unsaturated/α-hetero) is 1. The van der Waals surface area contributed by atoms with Crippen LogP contribution in [0.4, 0.5) is 5.69 Å². The molecular formula is C25H26BrN3O4S2. The van der Waals surface area contributed by atoms with E-state index in [9.17, 15) is 18.0 Å². The molecule has 1 fully saturated rings. The average molecular weight is 577 g/mol. The lowest BCUT2D eigenvalue weighted by Gasteiger charge is -2.37. The molecule has 10 heteroatoms. The molecule has 1 aliphatic rings. The van der Waals surface area contributed by atoms with Crippen LogP contribution in [0, 0.1) is 0 Å². The van der Waals surface area contributed by atoms with Crippen LogP contribution < -0.4 is 9.62 Å². The molecule has 0 saturated carbocycles. The zero-order chi connectivity index (χ0) is 25.0. The number of benzene rings is 2. The Labute approximate surface area is 217 Å². The van der Waals surface area contributed by atoms with Crippen LogP contribution >= 0.6 is 27.3 Å². The van der Waals surface area contributed by atoms with Gasteiger partial charge in [0, 0.05) is 37.4 Å². The second kappa shape index (κ2) is 11.0. The van der Waals surface area contributed by atoms with Gasteiger partial charge in [-0.15, -0.1) is 11.3 Å². The summed E-state index contributed by atoms with van der Waals surface area (Å²) < 4.78 is 29.6. The van der Waals surface area contributed by atoms with Gasteiger partial charge in [-0.05, 0) is 71.2 Å². The van der Waals surface area contributed by atoms with Crippen LogP contribution in [0.3, 0.4) is 0 Å². The number of halogens is 1. The standard InChI is InChI=1S/C25H26BrN3O4S2/c1-18(30)20-7-9-21(10-8-20)28-13-15-29(16-14-28)25(31)22(17-19-5-3-2-4-6-19)27-35(32,33)24-12-11-23(26)34-24/h2-12,22,27H,13-17H2,1H3/t22-/m1/s1. The maximum Gasteiger partial charge on any atom is 0.250 e. The number of rotatable bonds is 8. The van der Waals surface area contributed by atoms with Gasteiger partial charge in [-0.3, -0.25) is 9.59 Å². The second-order valence-electron chi connectivity index (χ2n) is 8.34. The van der Waals surface area contributed by atoms with Gasteiger partial charge in [0.2, 0.25) is 5.91 Å². The topological polar surface area (TPSA) is 86.8 Å². The van der Waals surface area contributed by atoms with Gasteiger partial charge in [0.15, 0.2) is 5.78 Å². The van der Waals surface area contributed by atoms with Gasteiger partial charge < -0.3 is 9.80 Å². The van der Waals surface area contributed by atoms with Crippen molar-refractivity contribution in [3.8, 4) is 0 Å². The van der Waals surface area contributed by atoms with Crippen molar-refractivity contribution in [2.75, 3.05) is 31.1 Å². The van der Waals surface area contributed by atoms with Crippen molar-refractivity contribution in [1.82, 2.24) is 9.62 Å². The van der Waals surface area contributed by atoms with E-state index in [1.54, 1.807) is 11.0 Å². The highest BCUT2D eigenvalue weighted by atomic mass is 79.9. The molecule has 0 radical (unpaired) electrons. The molecule has 0 spiro atoms. The molecule has 4 rings (SSSR count). The molecule has 1 N–H and O–H groups in total. The number of amides is 1. The highest BCUT2D eigenvalue weighted by Crippen LogP contribution is 2.26. The maximum atomic E-state index is 13.5. The van der Waals surface area contributed by atoms with Gasteiger partial charge in [0.1, 0.15) is 10.3 Å². The Morgan fingerprint density at radius 2 is 1.63 bits per heavy atom. The fourth-order valence-corrected chi connectivity index (χ4v) is 7.24. The number of anilines is 1. The predicted octanol–water partition coefficient (Wildman–Crippen LogP) is 3.95. The molecule has 3 aromatic rings. The molecule has 2 heterocycles. The molecule has 0 aliphatic carbocycles. The smallest absolute Gasteiger partial charge is 0.250 e. The minimum atomic E-state index is -3.85. The number of nitrogens with zero attached hydrogens (tertiary/aromatic N) is 2. The van der Waals surface area contributed by atoms with E-state index in [-0.39, 0.29) is 22.3 Å². The van der Waals surface area contributed by atoms with Crippen molar-refractivity contribution in [3.63, 3.8) is 0 Å². The van der Waals surface area contributed by atoms with Crippen molar-refractivity contribution in [2.24, 2.45) is 0 Å². The number of thiophene rings is 1. The largest absolute Gasteiger partial charge is 0.368 e. The number of ketones is 1. The molecule has 1 saturated heterocycles. The summed E-state index contributed by atoms with van der Waals surface area (Å²) in [6.07, 6.45) is 0.262. The van der Waals surface area contributed by atoms with Crippen molar-refractivity contribution < 1.29 is 18.0 Å². The summed E-state index contributed by atoms with van der Waals surface area (Å²) in [6, 6.07) is 19.1. The molecular weight excluding hydrogens is 550 g/mol. The average Bonchev–Trinajstić information content (AvgIpc) is 3.31. The molecule has 184 valence electrons. The fraction of sp³-hybridized carbons (Fsp3) is 0.280. The Morgan fingerprint density at radius 1 is 0.971 bits per heavy atom. The normalized spacial score (nSPS) is 15.1. The van der Waals surface area contributed by atoms with E-state index in [2.05, 4.69) is 25.6 Å². The summed E-state index contributed by atoms with van der Waals surface area (Å²) in [5.41, 5.74) is 2.54. The minimum absolute atomic E-state index is 0.0220. The van der Waals surface area contributed by atoms with Crippen LogP contribution in [-0.4, -0.2) is 57.2 Å². The molecule has 35 heavy (non-hydrogen) atoms. The third-order valence-corrected chi connectivity index (χ3v) is 9.51. The van der Waals surface area contributed by atoms with E-state index in [0.717, 1.165) is 22.6 Å². The summed E-state index contributed by atoms with van der Waals surface area (Å²) in [7, 11) is -3.85. The van der Waals surface area contributed by atoms with E-state index < -0.39 is 16.1 Å². The molecule has 7 nitrogen and oxygen atoms in total. The Morgan fingerprint density at radius 3 is 2.20 bits per heavy atom. The monoisotopic (exact) mass is 575 g/mol. The first kappa shape index (κ1) is 25.6. The second-order valence-corrected chi connectivity index (χ2v) is 12.7. The van der Waals surface area contributed by atoms with Crippen molar-refractivity contribution in [1.29, 1.82) is 0 Å². The molecule has 1 aliphatic heterocycles. The van der Waals surface area contributed by atoms with E-state index in [0.29, 0.717) is 35.5 Å². The highest BCUT2D eigenvalue weighted by Gasteiger charge is 2.32. The lowest BCUT2D eigenvalue weighted by atomic mass is 10.1. The van der Waals surface area contributed by atoms with Crippen molar-refractivity contribution >= 4 is 54.7 Å². The maximum absolute atomic E-state index is 13.5. The van der Waals surface area contributed by atoms with E-state index in [4.69, 9.17) is 0 Å². The lowest BCUT2D eigenvalue weighted by Crippen LogP contribution is -2.55. The van der Waals surface area contributed by atoms with Crippen LogP contribution in [0.15, 0.2) is 74.7 Å². The van der Waals surface area contributed by atoms with Crippen LogP contribution in [0.2, 0.25) is 0 Å². The summed E-state index contributed by atoms with van der Waals surface area (Å²) in [4.78, 5) is 28.9. The summed E-state index contributed by atoms with van der Waals surface area (Å²) >= 11 is 4.41. The number of nitrogens with one attached hydrogen (secondary N) is 1. The molecule has 1 amide bonds. The SMILES string of the molecule is CC(=O)c1ccc(N2CCN(C(=O)[C@@H](Cc3ccccc3)NS(=O)(=O)c3ccc(Br)s3)CC2)cc1. The number of piperazine rings is 1. The van der Waals surface area contributed by atoms with Gasteiger partial charge in [-0.25, -0.2) is 8.42 Å². The molecule has 1 aromatic heterocycles. The van der Waals surface area contributed by atoms with Crippen molar-refractivity contribution in [3.05, 3.63) is 81.6 Å². The quantitative estimate of drug-likeness (QED) is 0.411. The first-order chi connectivity index (χ1) is 16.7. The Kier molecular flexibility index (Phi) is 8.05. The van der Waals surface area contributed by atoms with Crippen LogP contribution in [0.25, 0.3) is 0 Å². The summed E-state index contributed by atoms with van der Waals surface area (Å²) in [6.45, 7) is 3.73. The zero-order valence-corrected chi connectivity index (χ0v) is 22.4. The zero-order valence-electron chi connectivity index (χ0n) is 19.2. The third-order valence-electron chi connectivity index (χ3n) is 5.92. The number of carbonyl (C=O) groups excluding carboxylic acids is 2. The Balaban J connectivity index is 1.47. The number of carbonyl (C=O) groups is 2. The first-order valence-electron chi connectivity index (χ1n) is 11.2. The Hall–Kier alpha value is -2.53. The highest BCUT2D eigenvalue weighted by molar-refractivity contribution is 9.11. The fourth-order valence-electron chi connectivity index (χ4n) is 4.03. The summed E-state index contributed by atoms with van der Waals surface area (Å²) in [5, 5.41) is 0. The van der Waals surface area contributed by atoms with Gasteiger partial charge in [-0.1, -0.05) is 30.3 Å². The van der Waals surface area contributed by atoms with E-state index in [1.165, 1.54) is 13.0 Å². The Bertz CT molecular complexity index is 1290. The molecule has 0 unspecified atom stereocenters. The van der Waals surface area contributed by atoms with Crippen LogP contribution in [-0.2, 0) is 21.2 Å². The first-order valence-corrected chi connectivity index (χ1v) is 14.3. The molecule has 2 aromatic carbocycles. The van der Waals surface area contributed by atoms with E-state index >= 15 is 0 Å². The lowest BCUT2D eigenvalue weighted by molar-refractivity contribution is -0.133. The van der Waals surface area contributed by atoms with Crippen LogP contribution in [0.5, 0.6) is 0 Å². The van der Waals surface area contributed by atoms with Gasteiger partial charge in [-0.2, -0.15) is 4.72 Å². The van der Waals surface area contributed by atoms with Gasteiger partial charge in [0.25, 0.3) is 10.0 Å². The van der Waals surface area contributed by atoms with Gasteiger partial charge in [0.05, 0.1) is 3.79 Å². The number of sulfonamides is 1. The van der Waals surface area contributed by atoms with E-state index in [1.807, 2.05) is 54.6 Å². The number of hydrogen-bond acceptors (Lipinski definition) is 6. The molecule has 0 bridgehead atoms. The number of hydrogen-bond donors (Lipinski definition) is 1. The van der Waals surface area contributed by atoms with Gasteiger partial charge >= 0.3 is 0 Å². The predicted molar refractivity (Wildman–Crippen MR) is 142 cm³/mol. The van der Waals surface area contributed by atoms with Crippen LogP contribution in [0.1, 0.15) is 22.8 Å². The van der Waals surface area contributed by atoms with Crippen molar-refractivity contribution in [2.45, 2.75) is 23.6 Å². The summed E-state index contributed by atoms with van der Waals surface area (Å²) in [5.74, 6) is -0.214. The molecule has 1 atom stereocenters. The minimum Gasteiger partial charge on any atom is -0.368 e. The third kappa shape index (κ3) is 6.38.